The number of nitro groups is 2. The Bertz CT molecular complexity index is 599. The van der Waals surface area contributed by atoms with Gasteiger partial charge >= 0.3 is 5.97 Å². The first-order chi connectivity index (χ1) is 9.62. The highest BCUT2D eigenvalue weighted by Gasteiger charge is 2.37. The number of hydrogen-bond donors (Lipinski definition) is 1. The molecule has 1 aromatic carbocycles. The van der Waals surface area contributed by atoms with Crippen LogP contribution in [0.15, 0.2) is 18.2 Å². The third kappa shape index (κ3) is 3.07. The number of hydrogen-bond acceptors (Lipinski definition) is 6. The average Bonchev–Trinajstić information content (AvgIpc) is 2.38. The van der Waals surface area contributed by atoms with E-state index in [-0.39, 0.29) is 12.2 Å². The van der Waals surface area contributed by atoms with Crippen LogP contribution in [0.25, 0.3) is 0 Å². The second-order valence-corrected chi connectivity index (χ2v) is 4.80. The molecule has 9 heteroatoms. The van der Waals surface area contributed by atoms with E-state index < -0.39 is 32.7 Å². The summed E-state index contributed by atoms with van der Waals surface area (Å²) in [6, 6.07) is 3.14. The lowest BCUT2D eigenvalue weighted by atomic mass is 10.0. The van der Waals surface area contributed by atoms with Gasteiger partial charge in [0.1, 0.15) is 11.2 Å². The molecular weight excluding hydrogens is 282 g/mol. The summed E-state index contributed by atoms with van der Waals surface area (Å²) in [5.74, 6) is -1.16. The Morgan fingerprint density at radius 2 is 1.86 bits per heavy atom. The van der Waals surface area contributed by atoms with Crippen LogP contribution in [0.2, 0.25) is 0 Å². The summed E-state index contributed by atoms with van der Waals surface area (Å²) in [7, 11) is 0. The largest absolute Gasteiger partial charge is 0.480 e. The molecule has 1 N–H and O–H groups in total. The molecule has 0 heterocycles. The number of aliphatic carboxylic acids is 1. The zero-order chi connectivity index (χ0) is 16.4. The van der Waals surface area contributed by atoms with E-state index in [1.807, 2.05) is 0 Å². The number of carboxylic acid groups (broad SMARTS) is 1. The zero-order valence-electron chi connectivity index (χ0n) is 11.8. The molecule has 1 rings (SSSR count). The zero-order valence-corrected chi connectivity index (χ0v) is 11.8. The third-order valence-electron chi connectivity index (χ3n) is 3.17. The van der Waals surface area contributed by atoms with Gasteiger partial charge in [-0.25, -0.2) is 4.79 Å². The standard InChI is InChI=1S/C12H15N3O6/c1-4-13(12(2,3)11(16)17)9-6-5-8(14(18)19)7-10(9)15(20)21/h5-7H,4H2,1-3H3,(H,16,17). The summed E-state index contributed by atoms with van der Waals surface area (Å²) in [5, 5.41) is 31.1. The molecule has 0 atom stereocenters. The first-order valence-corrected chi connectivity index (χ1v) is 6.06. The SMILES string of the molecule is CCN(c1ccc([N+](=O)[O-])cc1[N+](=O)[O-])C(C)(C)C(=O)O. The van der Waals surface area contributed by atoms with Gasteiger partial charge in [-0.3, -0.25) is 20.2 Å². The molecule has 9 nitrogen and oxygen atoms in total. The van der Waals surface area contributed by atoms with Crippen molar-refractivity contribution in [3.8, 4) is 0 Å². The van der Waals surface area contributed by atoms with Gasteiger partial charge in [0.25, 0.3) is 11.4 Å². The maximum absolute atomic E-state index is 11.3. The van der Waals surface area contributed by atoms with E-state index in [0.717, 1.165) is 12.1 Å². The third-order valence-corrected chi connectivity index (χ3v) is 3.17. The predicted octanol–water partition coefficient (Wildman–Crippen LogP) is 2.19. The number of benzene rings is 1. The smallest absolute Gasteiger partial charge is 0.328 e. The van der Waals surface area contributed by atoms with Gasteiger partial charge in [-0.1, -0.05) is 0 Å². The molecule has 0 saturated carbocycles. The van der Waals surface area contributed by atoms with Crippen molar-refractivity contribution in [1.82, 2.24) is 0 Å². The van der Waals surface area contributed by atoms with Crippen LogP contribution in [0.4, 0.5) is 17.1 Å². The minimum absolute atomic E-state index is 0.0282. The second-order valence-electron chi connectivity index (χ2n) is 4.80. The maximum atomic E-state index is 11.3. The Balaban J connectivity index is 3.50. The van der Waals surface area contributed by atoms with Gasteiger partial charge in [0, 0.05) is 12.6 Å². The van der Waals surface area contributed by atoms with Crippen molar-refractivity contribution in [3.63, 3.8) is 0 Å². The highest BCUT2D eigenvalue weighted by atomic mass is 16.6. The van der Waals surface area contributed by atoms with Crippen molar-refractivity contribution in [1.29, 1.82) is 0 Å². The molecule has 0 bridgehead atoms. The molecule has 0 radical (unpaired) electrons. The number of anilines is 1. The predicted molar refractivity (Wildman–Crippen MR) is 74.5 cm³/mol. The summed E-state index contributed by atoms with van der Waals surface area (Å²) < 4.78 is 0. The number of carboxylic acids is 1. The molecule has 0 unspecified atom stereocenters. The Labute approximate surface area is 120 Å². The molecule has 1 aromatic rings. The lowest BCUT2D eigenvalue weighted by molar-refractivity contribution is -0.393. The highest BCUT2D eigenvalue weighted by molar-refractivity contribution is 5.84. The second kappa shape index (κ2) is 5.73. The lowest BCUT2D eigenvalue weighted by Crippen LogP contribution is -2.50. The van der Waals surface area contributed by atoms with Gasteiger partial charge < -0.3 is 10.0 Å². The van der Waals surface area contributed by atoms with Crippen molar-refractivity contribution >= 4 is 23.0 Å². The molecule has 0 aliphatic rings. The van der Waals surface area contributed by atoms with E-state index >= 15 is 0 Å². The van der Waals surface area contributed by atoms with Crippen molar-refractivity contribution in [3.05, 3.63) is 38.4 Å². The first kappa shape index (κ1) is 16.3. The molecule has 0 aliphatic heterocycles. The van der Waals surface area contributed by atoms with Crippen LogP contribution in [0.1, 0.15) is 20.8 Å². The summed E-state index contributed by atoms with van der Waals surface area (Å²) in [6.45, 7) is 4.65. The number of nitro benzene ring substituents is 2. The fraction of sp³-hybridized carbons (Fsp3) is 0.417. The lowest BCUT2D eigenvalue weighted by Gasteiger charge is -2.35. The number of non-ortho nitro benzene ring substituents is 1. The molecule has 0 aliphatic carbocycles. The quantitative estimate of drug-likeness (QED) is 0.629. The molecule has 114 valence electrons. The van der Waals surface area contributed by atoms with E-state index in [1.54, 1.807) is 6.92 Å². The van der Waals surface area contributed by atoms with E-state index in [2.05, 4.69) is 0 Å². The molecule has 0 fully saturated rings. The number of nitrogens with zero attached hydrogens (tertiary/aromatic N) is 3. The Morgan fingerprint density at radius 1 is 1.29 bits per heavy atom. The summed E-state index contributed by atoms with van der Waals surface area (Å²) in [6.07, 6.45) is 0. The summed E-state index contributed by atoms with van der Waals surface area (Å²) in [5.41, 5.74) is -2.29. The summed E-state index contributed by atoms with van der Waals surface area (Å²) >= 11 is 0. The molecule has 0 saturated heterocycles. The molecular formula is C12H15N3O6. The topological polar surface area (TPSA) is 127 Å². The van der Waals surface area contributed by atoms with Crippen LogP contribution in [0.5, 0.6) is 0 Å². The van der Waals surface area contributed by atoms with Crippen LogP contribution >= 0.6 is 0 Å². The van der Waals surface area contributed by atoms with Crippen LogP contribution in [-0.4, -0.2) is 33.0 Å². The molecule has 0 amide bonds. The Kier molecular flexibility index (Phi) is 4.46. The molecule has 0 aromatic heterocycles. The van der Waals surface area contributed by atoms with Crippen LogP contribution < -0.4 is 4.90 Å². The van der Waals surface area contributed by atoms with Crippen molar-refractivity contribution in [2.45, 2.75) is 26.3 Å². The van der Waals surface area contributed by atoms with E-state index in [0.29, 0.717) is 0 Å². The first-order valence-electron chi connectivity index (χ1n) is 6.06. The molecule has 21 heavy (non-hydrogen) atoms. The Morgan fingerprint density at radius 3 is 2.24 bits per heavy atom. The van der Waals surface area contributed by atoms with E-state index in [9.17, 15) is 30.1 Å². The van der Waals surface area contributed by atoms with Crippen molar-refractivity contribution in [2.24, 2.45) is 0 Å². The summed E-state index contributed by atoms with van der Waals surface area (Å²) in [4.78, 5) is 33.0. The van der Waals surface area contributed by atoms with E-state index in [4.69, 9.17) is 0 Å². The van der Waals surface area contributed by atoms with Gasteiger partial charge in [0.2, 0.25) is 0 Å². The van der Waals surface area contributed by atoms with Crippen LogP contribution in [0, 0.1) is 20.2 Å². The van der Waals surface area contributed by atoms with Gasteiger partial charge in [-0.15, -0.1) is 0 Å². The number of carbonyl (C=O) groups is 1. The van der Waals surface area contributed by atoms with E-state index in [1.165, 1.54) is 24.8 Å². The fourth-order valence-corrected chi connectivity index (χ4v) is 1.98. The van der Waals surface area contributed by atoms with Gasteiger partial charge in [0.05, 0.1) is 15.9 Å². The molecule has 0 spiro atoms. The monoisotopic (exact) mass is 297 g/mol. The average molecular weight is 297 g/mol. The maximum Gasteiger partial charge on any atom is 0.328 e. The number of rotatable bonds is 6. The van der Waals surface area contributed by atoms with Crippen molar-refractivity contribution in [2.75, 3.05) is 11.4 Å². The van der Waals surface area contributed by atoms with Crippen LogP contribution in [-0.2, 0) is 4.79 Å². The highest BCUT2D eigenvalue weighted by Crippen LogP contribution is 2.35. The fourth-order valence-electron chi connectivity index (χ4n) is 1.98. The van der Waals surface area contributed by atoms with Gasteiger partial charge in [-0.2, -0.15) is 0 Å². The van der Waals surface area contributed by atoms with Gasteiger partial charge in [-0.05, 0) is 26.8 Å². The van der Waals surface area contributed by atoms with Crippen molar-refractivity contribution < 1.29 is 19.7 Å². The Hall–Kier alpha value is -2.71. The minimum atomic E-state index is -1.39. The van der Waals surface area contributed by atoms with Crippen LogP contribution in [0.3, 0.4) is 0 Å². The van der Waals surface area contributed by atoms with Gasteiger partial charge in [0.15, 0.2) is 0 Å². The minimum Gasteiger partial charge on any atom is -0.480 e. The normalized spacial score (nSPS) is 11.0. The number of likely N-dealkylation sites (N-methyl/N-ethyl adjacent to an activating group) is 1.